The maximum atomic E-state index is 13.6. The van der Waals surface area contributed by atoms with Gasteiger partial charge in [0.05, 0.1) is 16.8 Å². The molecule has 0 aliphatic rings. The van der Waals surface area contributed by atoms with Gasteiger partial charge in [-0.15, -0.1) is 0 Å². The largest absolute Gasteiger partial charge is 0.493 e. The molecule has 5 aromatic rings. The molecule has 0 aliphatic carbocycles. The molecule has 0 unspecified atom stereocenters. The Bertz CT molecular complexity index is 1540. The van der Waals surface area contributed by atoms with E-state index in [2.05, 4.69) is 5.16 Å². The summed E-state index contributed by atoms with van der Waals surface area (Å²) < 4.78 is 21.6. The first-order valence-electron chi connectivity index (χ1n) is 9.33. The van der Waals surface area contributed by atoms with Crippen LogP contribution >= 0.6 is 12.2 Å². The number of aromatic hydroxyl groups is 1. The molecule has 0 aliphatic heterocycles. The highest BCUT2D eigenvalue weighted by Gasteiger charge is 2.25. The van der Waals surface area contributed by atoms with Crippen LogP contribution < -0.4 is 5.56 Å². The van der Waals surface area contributed by atoms with Crippen molar-refractivity contribution >= 4 is 23.1 Å². The quantitative estimate of drug-likeness (QED) is 0.407. The molecule has 0 amide bonds. The number of rotatable bonds is 3. The molecule has 0 spiro atoms. The number of halogens is 1. The molecule has 5 rings (SSSR count). The molecule has 31 heavy (non-hydrogen) atoms. The minimum Gasteiger partial charge on any atom is -0.493 e. The Morgan fingerprint density at radius 1 is 0.871 bits per heavy atom. The van der Waals surface area contributed by atoms with Crippen molar-refractivity contribution < 1.29 is 14.0 Å². The van der Waals surface area contributed by atoms with Crippen molar-refractivity contribution in [3.05, 3.63) is 99.8 Å². The fourth-order valence-electron chi connectivity index (χ4n) is 3.49. The summed E-state index contributed by atoms with van der Waals surface area (Å²) in [4.78, 5) is 13.6. The van der Waals surface area contributed by atoms with E-state index in [1.54, 1.807) is 48.5 Å². The highest BCUT2D eigenvalue weighted by Crippen LogP contribution is 2.34. The van der Waals surface area contributed by atoms with E-state index in [-0.39, 0.29) is 16.1 Å². The summed E-state index contributed by atoms with van der Waals surface area (Å²) in [6.07, 6.45) is 0. The van der Waals surface area contributed by atoms with Crippen molar-refractivity contribution in [3.8, 4) is 28.6 Å². The predicted octanol–water partition coefficient (Wildman–Crippen LogP) is 5.01. The molecular formula is C23H14FN3O3S. The molecule has 3 aromatic carbocycles. The molecule has 6 nitrogen and oxygen atoms in total. The minimum atomic E-state index is -0.561. The zero-order valence-electron chi connectivity index (χ0n) is 15.9. The van der Waals surface area contributed by atoms with Gasteiger partial charge in [0.15, 0.2) is 10.5 Å². The van der Waals surface area contributed by atoms with Gasteiger partial charge in [0.25, 0.3) is 5.56 Å². The number of aromatic nitrogens is 3. The first-order valence-corrected chi connectivity index (χ1v) is 9.74. The van der Waals surface area contributed by atoms with Crippen LogP contribution in [-0.4, -0.2) is 19.4 Å². The van der Waals surface area contributed by atoms with Crippen LogP contribution in [-0.2, 0) is 0 Å². The molecule has 152 valence electrons. The molecule has 0 bridgehead atoms. The predicted molar refractivity (Wildman–Crippen MR) is 117 cm³/mol. The van der Waals surface area contributed by atoms with E-state index in [1.165, 1.54) is 33.4 Å². The zero-order valence-corrected chi connectivity index (χ0v) is 16.7. The second kappa shape index (κ2) is 7.33. The summed E-state index contributed by atoms with van der Waals surface area (Å²) in [7, 11) is 0. The van der Waals surface area contributed by atoms with Crippen molar-refractivity contribution in [1.82, 2.24) is 14.3 Å². The van der Waals surface area contributed by atoms with Crippen molar-refractivity contribution in [2.75, 3.05) is 0 Å². The SMILES string of the molecule is O=c1c(-c2onc3ccccc23)c(O)n(-c2ccc(F)cc2)c(=S)n1-c1ccccc1. The van der Waals surface area contributed by atoms with E-state index in [9.17, 15) is 14.3 Å². The third-order valence-electron chi connectivity index (χ3n) is 4.95. The number of hydrogen-bond acceptors (Lipinski definition) is 5. The summed E-state index contributed by atoms with van der Waals surface area (Å²) >= 11 is 5.57. The standard InChI is InChI=1S/C23H14FN3O3S/c24-14-10-12-16(13-11-14)27-22(29)19(20-17-8-4-5-9-18(17)25-30-20)21(28)26(23(27)31)15-6-2-1-3-7-15/h1-13,29H. The highest BCUT2D eigenvalue weighted by atomic mass is 32.1. The van der Waals surface area contributed by atoms with Gasteiger partial charge in [-0.25, -0.2) is 4.39 Å². The Hall–Kier alpha value is -4.04. The first-order chi connectivity index (χ1) is 15.1. The molecule has 2 aromatic heterocycles. The number of benzene rings is 3. The van der Waals surface area contributed by atoms with Gasteiger partial charge in [-0.1, -0.05) is 35.5 Å². The molecule has 2 heterocycles. The monoisotopic (exact) mass is 431 g/mol. The van der Waals surface area contributed by atoms with Crippen LogP contribution in [0.2, 0.25) is 0 Å². The molecule has 0 atom stereocenters. The zero-order chi connectivity index (χ0) is 21.5. The van der Waals surface area contributed by atoms with Crippen molar-refractivity contribution in [1.29, 1.82) is 0 Å². The first kappa shape index (κ1) is 19.0. The van der Waals surface area contributed by atoms with Crippen LogP contribution in [0.15, 0.2) is 88.2 Å². The Kier molecular flexibility index (Phi) is 4.48. The summed E-state index contributed by atoms with van der Waals surface area (Å²) in [6.45, 7) is 0. The lowest BCUT2D eigenvalue weighted by atomic mass is 10.1. The van der Waals surface area contributed by atoms with Gasteiger partial charge >= 0.3 is 0 Å². The van der Waals surface area contributed by atoms with Crippen molar-refractivity contribution in [2.45, 2.75) is 0 Å². The van der Waals surface area contributed by atoms with Gasteiger partial charge in [-0.2, -0.15) is 0 Å². The average Bonchev–Trinajstić information content (AvgIpc) is 3.20. The van der Waals surface area contributed by atoms with Crippen LogP contribution in [0, 0.1) is 10.6 Å². The maximum absolute atomic E-state index is 13.6. The lowest BCUT2D eigenvalue weighted by Crippen LogP contribution is -2.25. The van der Waals surface area contributed by atoms with Gasteiger partial charge in [0.1, 0.15) is 16.9 Å². The second-order valence-electron chi connectivity index (χ2n) is 6.80. The van der Waals surface area contributed by atoms with Crippen LogP contribution in [0.1, 0.15) is 0 Å². The molecule has 8 heteroatoms. The smallest absolute Gasteiger partial charge is 0.274 e. The molecule has 0 saturated carbocycles. The third kappa shape index (κ3) is 3.04. The van der Waals surface area contributed by atoms with Crippen LogP contribution in [0.5, 0.6) is 5.88 Å². The van der Waals surface area contributed by atoms with Gasteiger partial charge < -0.3 is 9.63 Å². The Morgan fingerprint density at radius 3 is 2.26 bits per heavy atom. The lowest BCUT2D eigenvalue weighted by Gasteiger charge is -2.17. The normalized spacial score (nSPS) is 11.1. The molecule has 0 radical (unpaired) electrons. The Morgan fingerprint density at radius 2 is 1.52 bits per heavy atom. The van der Waals surface area contributed by atoms with E-state index in [4.69, 9.17) is 16.7 Å². The number of para-hydroxylation sites is 1. The van der Waals surface area contributed by atoms with Crippen LogP contribution in [0.4, 0.5) is 4.39 Å². The van der Waals surface area contributed by atoms with Crippen molar-refractivity contribution in [3.63, 3.8) is 0 Å². The summed E-state index contributed by atoms with van der Waals surface area (Å²) in [5, 5.41) is 15.7. The minimum absolute atomic E-state index is 0.0212. The highest BCUT2D eigenvalue weighted by molar-refractivity contribution is 7.71. The van der Waals surface area contributed by atoms with E-state index < -0.39 is 17.3 Å². The van der Waals surface area contributed by atoms with E-state index in [1.807, 2.05) is 6.07 Å². The van der Waals surface area contributed by atoms with Gasteiger partial charge in [0, 0.05) is 0 Å². The van der Waals surface area contributed by atoms with E-state index in [0.717, 1.165) is 0 Å². The third-order valence-corrected chi connectivity index (χ3v) is 5.31. The maximum Gasteiger partial charge on any atom is 0.274 e. The summed E-state index contributed by atoms with van der Waals surface area (Å²) in [5.74, 6) is -0.739. The number of fused-ring (bicyclic) bond motifs is 1. The Labute approximate surface area is 180 Å². The summed E-state index contributed by atoms with van der Waals surface area (Å²) in [5.41, 5.74) is 0.778. The van der Waals surface area contributed by atoms with Gasteiger partial charge in [-0.05, 0) is 60.7 Å². The average molecular weight is 431 g/mol. The van der Waals surface area contributed by atoms with Crippen molar-refractivity contribution in [2.24, 2.45) is 0 Å². The van der Waals surface area contributed by atoms with Gasteiger partial charge in [-0.3, -0.25) is 13.9 Å². The molecule has 0 saturated heterocycles. The fraction of sp³-hybridized carbons (Fsp3) is 0. The van der Waals surface area contributed by atoms with E-state index in [0.29, 0.717) is 22.3 Å². The Balaban J connectivity index is 1.93. The van der Waals surface area contributed by atoms with Crippen LogP contribution in [0.25, 0.3) is 33.6 Å². The van der Waals surface area contributed by atoms with Gasteiger partial charge in [0.2, 0.25) is 5.88 Å². The second-order valence-corrected chi connectivity index (χ2v) is 7.16. The fourth-order valence-corrected chi connectivity index (χ4v) is 3.87. The molecule has 1 N–H and O–H groups in total. The van der Waals surface area contributed by atoms with E-state index >= 15 is 0 Å². The number of hydrogen-bond donors (Lipinski definition) is 1. The summed E-state index contributed by atoms with van der Waals surface area (Å²) in [6, 6.07) is 21.3. The molecular weight excluding hydrogens is 417 g/mol. The number of nitrogens with zero attached hydrogens (tertiary/aromatic N) is 3. The lowest BCUT2D eigenvalue weighted by molar-refractivity contribution is 0.416. The molecule has 0 fully saturated rings. The topological polar surface area (TPSA) is 73.2 Å². The van der Waals surface area contributed by atoms with Crippen LogP contribution in [0.3, 0.4) is 0 Å².